The van der Waals surface area contributed by atoms with Crippen LogP contribution in [0.15, 0.2) is 41.5 Å². The predicted octanol–water partition coefficient (Wildman–Crippen LogP) is 4.39. The van der Waals surface area contributed by atoms with Gasteiger partial charge in [-0.25, -0.2) is 5.43 Å². The van der Waals surface area contributed by atoms with Crippen molar-refractivity contribution in [3.63, 3.8) is 0 Å². The first-order valence-corrected chi connectivity index (χ1v) is 12.1. The third kappa shape index (κ3) is 7.89. The summed E-state index contributed by atoms with van der Waals surface area (Å²) in [6.45, 7) is 10.0. The molecule has 0 fully saturated rings. The van der Waals surface area contributed by atoms with Gasteiger partial charge in [0.1, 0.15) is 11.8 Å². The van der Waals surface area contributed by atoms with E-state index in [2.05, 4.69) is 38.4 Å². The molecule has 34 heavy (non-hydrogen) atoms. The van der Waals surface area contributed by atoms with Gasteiger partial charge in [-0.15, -0.1) is 0 Å². The van der Waals surface area contributed by atoms with Gasteiger partial charge in [-0.05, 0) is 91.2 Å². The molecule has 9 heteroatoms. The Bertz CT molecular complexity index is 1010. The Morgan fingerprint density at radius 3 is 2.35 bits per heavy atom. The number of methoxy groups -OCH3 is 1. The van der Waals surface area contributed by atoms with E-state index in [1.54, 1.807) is 31.4 Å². The minimum absolute atomic E-state index is 0.00706. The minimum atomic E-state index is -0.757. The predicted molar refractivity (Wildman–Crippen MR) is 141 cm³/mol. The quantitative estimate of drug-likeness (QED) is 0.233. The van der Waals surface area contributed by atoms with Crippen molar-refractivity contribution in [2.75, 3.05) is 13.7 Å². The summed E-state index contributed by atoms with van der Waals surface area (Å²) in [5, 5.41) is 6.86. The second kappa shape index (κ2) is 13.2. The lowest BCUT2D eigenvalue weighted by atomic mass is 10.0. The van der Waals surface area contributed by atoms with Gasteiger partial charge < -0.3 is 19.5 Å². The maximum atomic E-state index is 12.7. The third-order valence-corrected chi connectivity index (χ3v) is 5.46. The fraction of sp³-hybridized carbons (Fsp3) is 0.400. The van der Waals surface area contributed by atoms with Crippen LogP contribution in [0.5, 0.6) is 17.2 Å². The molecule has 0 aliphatic carbocycles. The highest BCUT2D eigenvalue weighted by atomic mass is 127. The van der Waals surface area contributed by atoms with E-state index in [0.29, 0.717) is 29.4 Å². The maximum absolute atomic E-state index is 12.7. The van der Waals surface area contributed by atoms with E-state index < -0.39 is 11.9 Å². The molecular formula is C25H32IN3O5. The number of amides is 2. The summed E-state index contributed by atoms with van der Waals surface area (Å²) in [6.07, 6.45) is 1.54. The zero-order chi connectivity index (χ0) is 25.3. The van der Waals surface area contributed by atoms with Crippen LogP contribution >= 0.6 is 22.6 Å². The second-order valence-electron chi connectivity index (χ2n) is 8.09. The summed E-state index contributed by atoms with van der Waals surface area (Å²) in [4.78, 5) is 25.4. The van der Waals surface area contributed by atoms with Crippen molar-refractivity contribution in [2.24, 2.45) is 11.0 Å². The largest absolute Gasteiger partial charge is 0.497 e. The number of hydrogen-bond acceptors (Lipinski definition) is 6. The first-order valence-electron chi connectivity index (χ1n) is 11.1. The van der Waals surface area contributed by atoms with Crippen molar-refractivity contribution in [2.45, 2.75) is 46.8 Å². The summed E-state index contributed by atoms with van der Waals surface area (Å²) >= 11 is 2.18. The summed E-state index contributed by atoms with van der Waals surface area (Å²) in [5.41, 5.74) is 3.70. The van der Waals surface area contributed by atoms with Gasteiger partial charge in [0.2, 0.25) is 0 Å². The smallest absolute Gasteiger partial charge is 0.262 e. The lowest BCUT2D eigenvalue weighted by Crippen LogP contribution is -2.48. The Kier molecular flexibility index (Phi) is 10.6. The molecule has 184 valence electrons. The molecule has 2 rings (SSSR count). The fourth-order valence-corrected chi connectivity index (χ4v) is 3.77. The van der Waals surface area contributed by atoms with E-state index in [0.717, 1.165) is 9.13 Å². The van der Waals surface area contributed by atoms with Crippen LogP contribution in [0.4, 0.5) is 0 Å². The van der Waals surface area contributed by atoms with Gasteiger partial charge in [0.15, 0.2) is 11.5 Å². The van der Waals surface area contributed by atoms with Crippen LogP contribution in [0.2, 0.25) is 0 Å². The first kappa shape index (κ1) is 27.4. The van der Waals surface area contributed by atoms with E-state index >= 15 is 0 Å². The molecule has 2 aromatic carbocycles. The fourth-order valence-electron chi connectivity index (χ4n) is 3.02. The van der Waals surface area contributed by atoms with Crippen LogP contribution < -0.4 is 25.0 Å². The molecule has 0 aliphatic rings. The summed E-state index contributed by atoms with van der Waals surface area (Å²) in [6, 6.07) is 9.62. The molecule has 2 amide bonds. The molecular weight excluding hydrogens is 549 g/mol. The summed E-state index contributed by atoms with van der Waals surface area (Å²) in [5.74, 6) is 1.04. The van der Waals surface area contributed by atoms with Crippen molar-refractivity contribution < 1.29 is 23.8 Å². The molecule has 2 aromatic rings. The van der Waals surface area contributed by atoms with Gasteiger partial charge >= 0.3 is 0 Å². The number of benzene rings is 2. The second-order valence-corrected chi connectivity index (χ2v) is 9.25. The molecule has 0 bridgehead atoms. The molecule has 0 saturated heterocycles. The van der Waals surface area contributed by atoms with Crippen LogP contribution in [-0.4, -0.2) is 43.9 Å². The standard InChI is InChI=1S/C25H32IN3O5/c1-7-33-21-13-17(12-20(26)23(21)34-16(4)5)14-27-29-25(31)22(15(2)3)28-24(30)18-8-10-19(32-6)11-9-18/h8-16,22H,7H2,1-6H3,(H,28,30)(H,29,31). The third-order valence-electron chi connectivity index (χ3n) is 4.66. The molecule has 8 nitrogen and oxygen atoms in total. The Hall–Kier alpha value is -2.82. The van der Waals surface area contributed by atoms with E-state index in [4.69, 9.17) is 14.2 Å². The first-order chi connectivity index (χ1) is 16.2. The van der Waals surface area contributed by atoms with Crippen LogP contribution in [0.3, 0.4) is 0 Å². The summed E-state index contributed by atoms with van der Waals surface area (Å²) < 4.78 is 17.6. The molecule has 0 aromatic heterocycles. The van der Waals surface area contributed by atoms with Crippen molar-refractivity contribution in [3.05, 3.63) is 51.1 Å². The van der Waals surface area contributed by atoms with Crippen molar-refractivity contribution in [3.8, 4) is 17.2 Å². The van der Waals surface area contributed by atoms with Crippen LogP contribution in [0.25, 0.3) is 0 Å². The van der Waals surface area contributed by atoms with E-state index in [1.165, 1.54) is 6.21 Å². The van der Waals surface area contributed by atoms with Gasteiger partial charge in [0.05, 0.1) is 29.6 Å². The molecule has 0 aliphatic heterocycles. The van der Waals surface area contributed by atoms with Crippen LogP contribution in [0.1, 0.15) is 50.5 Å². The van der Waals surface area contributed by atoms with Gasteiger partial charge in [0, 0.05) is 5.56 Å². The number of carbonyl (C=O) groups is 2. The van der Waals surface area contributed by atoms with E-state index in [9.17, 15) is 9.59 Å². The number of nitrogens with one attached hydrogen (secondary N) is 2. The van der Waals surface area contributed by atoms with Crippen molar-refractivity contribution in [1.29, 1.82) is 0 Å². The number of hydrogen-bond donors (Lipinski definition) is 2. The number of hydrazone groups is 1. The molecule has 0 spiro atoms. The monoisotopic (exact) mass is 581 g/mol. The van der Waals surface area contributed by atoms with Gasteiger partial charge in [-0.3, -0.25) is 9.59 Å². The lowest BCUT2D eigenvalue weighted by Gasteiger charge is -2.20. The lowest BCUT2D eigenvalue weighted by molar-refractivity contribution is -0.123. The van der Waals surface area contributed by atoms with E-state index in [1.807, 2.05) is 46.8 Å². The number of carbonyl (C=O) groups excluding carboxylic acids is 2. The highest BCUT2D eigenvalue weighted by molar-refractivity contribution is 14.1. The summed E-state index contributed by atoms with van der Waals surface area (Å²) in [7, 11) is 1.56. The SMILES string of the molecule is CCOc1cc(C=NNC(=O)C(NC(=O)c2ccc(OC)cc2)C(C)C)cc(I)c1OC(C)C. The zero-order valence-electron chi connectivity index (χ0n) is 20.3. The van der Waals surface area contributed by atoms with E-state index in [-0.39, 0.29) is 17.9 Å². The maximum Gasteiger partial charge on any atom is 0.262 e. The highest BCUT2D eigenvalue weighted by Crippen LogP contribution is 2.34. The molecule has 0 saturated carbocycles. The number of nitrogens with zero attached hydrogens (tertiary/aromatic N) is 1. The van der Waals surface area contributed by atoms with Crippen LogP contribution in [-0.2, 0) is 4.79 Å². The Balaban J connectivity index is 2.10. The average molecular weight is 581 g/mol. The molecule has 0 radical (unpaired) electrons. The average Bonchev–Trinajstić information content (AvgIpc) is 2.79. The Morgan fingerprint density at radius 1 is 1.12 bits per heavy atom. The van der Waals surface area contributed by atoms with Gasteiger partial charge in [-0.1, -0.05) is 13.8 Å². The molecule has 0 heterocycles. The molecule has 1 atom stereocenters. The molecule has 2 N–H and O–H groups in total. The zero-order valence-corrected chi connectivity index (χ0v) is 22.5. The van der Waals surface area contributed by atoms with Crippen molar-refractivity contribution >= 4 is 40.6 Å². The normalized spacial score (nSPS) is 12.0. The topological polar surface area (TPSA) is 98.2 Å². The highest BCUT2D eigenvalue weighted by Gasteiger charge is 2.24. The van der Waals surface area contributed by atoms with Gasteiger partial charge in [-0.2, -0.15) is 5.10 Å². The minimum Gasteiger partial charge on any atom is -0.497 e. The Labute approximate surface area is 214 Å². The molecule has 1 unspecified atom stereocenters. The number of rotatable bonds is 11. The van der Waals surface area contributed by atoms with Crippen molar-refractivity contribution in [1.82, 2.24) is 10.7 Å². The number of ether oxygens (including phenoxy) is 3. The van der Waals surface area contributed by atoms with Gasteiger partial charge in [0.25, 0.3) is 11.8 Å². The van der Waals surface area contributed by atoms with Crippen LogP contribution in [0, 0.1) is 9.49 Å². The Morgan fingerprint density at radius 2 is 1.79 bits per heavy atom. The number of halogens is 1.